The molecule has 2 amide bonds. The van der Waals surface area contributed by atoms with Gasteiger partial charge in [-0.15, -0.1) is 0 Å². The Kier molecular flexibility index (Phi) is 5.51. The molecule has 0 aliphatic heterocycles. The average molecular weight is 315 g/mol. The van der Waals surface area contributed by atoms with Crippen molar-refractivity contribution in [1.82, 2.24) is 0 Å². The molecule has 2 rings (SSSR count). The molecule has 0 fully saturated rings. The summed E-state index contributed by atoms with van der Waals surface area (Å²) in [6.07, 6.45) is 0.855. The van der Waals surface area contributed by atoms with Crippen LogP contribution in [-0.4, -0.2) is 17.6 Å². The van der Waals surface area contributed by atoms with E-state index in [4.69, 9.17) is 4.74 Å². The normalized spacial score (nSPS) is 9.96. The number of ether oxygens (including phenoxy) is 1. The van der Waals surface area contributed by atoms with Crippen molar-refractivity contribution in [1.29, 1.82) is 0 Å². The van der Waals surface area contributed by atoms with Crippen molar-refractivity contribution in [3.05, 3.63) is 58.6 Å². The van der Waals surface area contributed by atoms with Crippen LogP contribution in [-0.2, 0) is 0 Å². The van der Waals surface area contributed by atoms with Crippen LogP contribution in [0.15, 0.2) is 48.5 Å². The summed E-state index contributed by atoms with van der Waals surface area (Å²) in [5, 5.41) is 16.0. The highest BCUT2D eigenvalue weighted by Gasteiger charge is 2.10. The van der Waals surface area contributed by atoms with Gasteiger partial charge in [0.15, 0.2) is 0 Å². The maximum Gasteiger partial charge on any atom is 0.323 e. The van der Waals surface area contributed by atoms with Crippen LogP contribution in [0.3, 0.4) is 0 Å². The van der Waals surface area contributed by atoms with Gasteiger partial charge in [0.05, 0.1) is 17.2 Å². The van der Waals surface area contributed by atoms with Gasteiger partial charge >= 0.3 is 6.03 Å². The van der Waals surface area contributed by atoms with Crippen molar-refractivity contribution in [3.8, 4) is 5.75 Å². The lowest BCUT2D eigenvalue weighted by atomic mass is 10.3. The fourth-order valence-electron chi connectivity index (χ4n) is 1.89. The number of benzene rings is 2. The molecular weight excluding hydrogens is 298 g/mol. The Balaban J connectivity index is 2.05. The zero-order valence-electron chi connectivity index (χ0n) is 12.6. The molecule has 0 saturated heterocycles. The predicted molar refractivity (Wildman–Crippen MR) is 88.0 cm³/mol. The molecule has 0 unspecified atom stereocenters. The third-order valence-electron chi connectivity index (χ3n) is 2.91. The Morgan fingerprint density at radius 2 is 1.96 bits per heavy atom. The van der Waals surface area contributed by atoms with Gasteiger partial charge in [-0.05, 0) is 24.6 Å². The van der Waals surface area contributed by atoms with Crippen LogP contribution in [0.2, 0.25) is 0 Å². The summed E-state index contributed by atoms with van der Waals surface area (Å²) in [6, 6.07) is 12.3. The molecular formula is C16H17N3O4. The number of carbonyl (C=O) groups is 1. The number of anilines is 2. The van der Waals surface area contributed by atoms with E-state index in [2.05, 4.69) is 10.6 Å². The first-order valence-electron chi connectivity index (χ1n) is 7.14. The van der Waals surface area contributed by atoms with E-state index in [0.717, 1.165) is 6.42 Å². The monoisotopic (exact) mass is 315 g/mol. The fourth-order valence-corrected chi connectivity index (χ4v) is 1.89. The first kappa shape index (κ1) is 16.3. The highest BCUT2D eigenvalue weighted by molar-refractivity contribution is 6.00. The second-order valence-electron chi connectivity index (χ2n) is 4.73. The zero-order chi connectivity index (χ0) is 16.7. The van der Waals surface area contributed by atoms with Crippen molar-refractivity contribution >= 4 is 23.1 Å². The number of nitrogens with zero attached hydrogens (tertiary/aromatic N) is 1. The molecule has 2 aromatic rings. The Bertz CT molecular complexity index is 703. The van der Waals surface area contributed by atoms with Crippen LogP contribution in [0.5, 0.6) is 5.75 Å². The lowest BCUT2D eigenvalue weighted by Gasteiger charge is -2.12. The zero-order valence-corrected chi connectivity index (χ0v) is 12.6. The molecule has 0 aliphatic carbocycles. The molecule has 0 atom stereocenters. The highest BCUT2D eigenvalue weighted by atomic mass is 16.6. The van der Waals surface area contributed by atoms with Gasteiger partial charge < -0.3 is 15.4 Å². The summed E-state index contributed by atoms with van der Waals surface area (Å²) in [5.41, 5.74) is 0.780. The maximum absolute atomic E-state index is 12.0. The van der Waals surface area contributed by atoms with Crippen molar-refractivity contribution in [2.24, 2.45) is 0 Å². The van der Waals surface area contributed by atoms with Gasteiger partial charge in [0.1, 0.15) is 5.75 Å². The molecule has 0 bridgehead atoms. The van der Waals surface area contributed by atoms with Gasteiger partial charge in [0, 0.05) is 17.8 Å². The second kappa shape index (κ2) is 7.79. The van der Waals surface area contributed by atoms with Crippen LogP contribution in [0, 0.1) is 10.1 Å². The Labute approximate surface area is 133 Å². The number of nitro benzene ring substituents is 1. The van der Waals surface area contributed by atoms with Crippen molar-refractivity contribution < 1.29 is 14.5 Å². The molecule has 7 nitrogen and oxygen atoms in total. The Morgan fingerprint density at radius 3 is 2.70 bits per heavy atom. The number of urea groups is 1. The van der Waals surface area contributed by atoms with Gasteiger partial charge in [-0.25, -0.2) is 4.79 Å². The molecule has 2 aromatic carbocycles. The third kappa shape index (κ3) is 4.70. The molecule has 7 heteroatoms. The van der Waals surface area contributed by atoms with Crippen LogP contribution in [0.25, 0.3) is 0 Å². The largest absolute Gasteiger partial charge is 0.491 e. The number of nitrogens with one attached hydrogen (secondary N) is 2. The summed E-state index contributed by atoms with van der Waals surface area (Å²) in [4.78, 5) is 22.3. The smallest absolute Gasteiger partial charge is 0.323 e. The molecule has 120 valence electrons. The number of para-hydroxylation sites is 2. The summed E-state index contributed by atoms with van der Waals surface area (Å²) in [6.45, 7) is 2.54. The number of rotatable bonds is 6. The minimum absolute atomic E-state index is 0.0884. The SMILES string of the molecule is CCCOc1ccccc1NC(=O)Nc1cccc([N+](=O)[O-])c1. The molecule has 0 saturated carbocycles. The van der Waals surface area contributed by atoms with E-state index in [1.54, 1.807) is 24.3 Å². The molecule has 0 heterocycles. The van der Waals surface area contributed by atoms with E-state index < -0.39 is 11.0 Å². The van der Waals surface area contributed by atoms with E-state index >= 15 is 0 Å². The number of amides is 2. The summed E-state index contributed by atoms with van der Waals surface area (Å²) in [5.74, 6) is 0.573. The molecule has 2 N–H and O–H groups in total. The number of non-ortho nitro benzene ring substituents is 1. The first-order chi connectivity index (χ1) is 11.1. The van der Waals surface area contributed by atoms with Gasteiger partial charge in [-0.1, -0.05) is 25.1 Å². The molecule has 0 aliphatic rings. The van der Waals surface area contributed by atoms with E-state index in [-0.39, 0.29) is 5.69 Å². The molecule has 23 heavy (non-hydrogen) atoms. The quantitative estimate of drug-likeness (QED) is 0.621. The van der Waals surface area contributed by atoms with Crippen LogP contribution in [0.1, 0.15) is 13.3 Å². The molecule has 0 aromatic heterocycles. The topological polar surface area (TPSA) is 93.5 Å². The average Bonchev–Trinajstić information content (AvgIpc) is 2.54. The van der Waals surface area contributed by atoms with E-state index in [1.165, 1.54) is 18.2 Å². The van der Waals surface area contributed by atoms with Crippen LogP contribution < -0.4 is 15.4 Å². The highest BCUT2D eigenvalue weighted by Crippen LogP contribution is 2.24. The summed E-state index contributed by atoms with van der Waals surface area (Å²) >= 11 is 0. The lowest BCUT2D eigenvalue weighted by molar-refractivity contribution is -0.384. The van der Waals surface area contributed by atoms with Gasteiger partial charge in [-0.3, -0.25) is 10.1 Å². The fraction of sp³-hybridized carbons (Fsp3) is 0.188. The third-order valence-corrected chi connectivity index (χ3v) is 2.91. The summed E-state index contributed by atoms with van der Waals surface area (Å²) < 4.78 is 5.56. The first-order valence-corrected chi connectivity index (χ1v) is 7.14. The van der Waals surface area contributed by atoms with Crippen LogP contribution >= 0.6 is 0 Å². The molecule has 0 spiro atoms. The molecule has 0 radical (unpaired) electrons. The summed E-state index contributed by atoms with van der Waals surface area (Å²) in [7, 11) is 0. The van der Waals surface area contributed by atoms with Crippen molar-refractivity contribution in [2.45, 2.75) is 13.3 Å². The lowest BCUT2D eigenvalue weighted by Crippen LogP contribution is -2.20. The number of carbonyl (C=O) groups excluding carboxylic acids is 1. The standard InChI is InChI=1S/C16H17N3O4/c1-2-10-23-15-9-4-3-8-14(15)18-16(20)17-12-6-5-7-13(11-12)19(21)22/h3-9,11H,2,10H2,1H3,(H2,17,18,20). The van der Waals surface area contributed by atoms with Gasteiger partial charge in [0.25, 0.3) is 5.69 Å². The number of hydrogen-bond donors (Lipinski definition) is 2. The number of hydrogen-bond acceptors (Lipinski definition) is 4. The van der Waals surface area contributed by atoms with E-state index in [0.29, 0.717) is 23.7 Å². The predicted octanol–water partition coefficient (Wildman–Crippen LogP) is 4.03. The van der Waals surface area contributed by atoms with Crippen molar-refractivity contribution in [3.63, 3.8) is 0 Å². The minimum atomic E-state index is -0.517. The second-order valence-corrected chi connectivity index (χ2v) is 4.73. The van der Waals surface area contributed by atoms with Gasteiger partial charge in [-0.2, -0.15) is 0 Å². The van der Waals surface area contributed by atoms with Crippen molar-refractivity contribution in [2.75, 3.05) is 17.2 Å². The van der Waals surface area contributed by atoms with Gasteiger partial charge in [0.2, 0.25) is 0 Å². The van der Waals surface area contributed by atoms with E-state index in [9.17, 15) is 14.9 Å². The Hall–Kier alpha value is -3.09. The Morgan fingerprint density at radius 1 is 1.17 bits per heavy atom. The number of nitro groups is 1. The minimum Gasteiger partial charge on any atom is -0.491 e. The van der Waals surface area contributed by atoms with E-state index in [1.807, 2.05) is 13.0 Å². The van der Waals surface area contributed by atoms with Crippen LogP contribution in [0.4, 0.5) is 21.9 Å². The maximum atomic E-state index is 12.0.